The molecule has 31 heavy (non-hydrogen) atoms. The van der Waals surface area contributed by atoms with Crippen LogP contribution in [0.3, 0.4) is 0 Å². The van der Waals surface area contributed by atoms with E-state index in [1.54, 1.807) is 0 Å². The summed E-state index contributed by atoms with van der Waals surface area (Å²) in [5.41, 5.74) is -0.780. The molecule has 3 fully saturated rings. The van der Waals surface area contributed by atoms with Gasteiger partial charge in [-0.25, -0.2) is 13.2 Å². The zero-order valence-electron chi connectivity index (χ0n) is 16.7. The van der Waals surface area contributed by atoms with Crippen LogP contribution in [-0.2, 0) is 19.5 Å². The highest BCUT2D eigenvalue weighted by atomic mass is 32.2. The number of alkyl halides is 6. The Morgan fingerprint density at radius 3 is 2.19 bits per heavy atom. The van der Waals surface area contributed by atoms with Gasteiger partial charge in [-0.05, 0) is 38.0 Å². The van der Waals surface area contributed by atoms with Crippen LogP contribution in [0.15, 0.2) is 0 Å². The summed E-state index contributed by atoms with van der Waals surface area (Å²) in [5.74, 6) is 0.252. The molecular formula is C17H24F6N2O5S. The lowest BCUT2D eigenvalue weighted by molar-refractivity contribution is -0.308. The van der Waals surface area contributed by atoms with E-state index in [9.17, 15) is 39.6 Å². The minimum atomic E-state index is -5.77. The monoisotopic (exact) mass is 482 g/mol. The van der Waals surface area contributed by atoms with Crippen molar-refractivity contribution in [3.05, 3.63) is 0 Å². The zero-order chi connectivity index (χ0) is 23.2. The molecule has 2 saturated heterocycles. The van der Waals surface area contributed by atoms with E-state index in [0.717, 1.165) is 17.7 Å². The van der Waals surface area contributed by atoms with Crippen LogP contribution in [-0.4, -0.2) is 86.3 Å². The van der Waals surface area contributed by atoms with E-state index in [-0.39, 0.29) is 44.2 Å². The lowest BCUT2D eigenvalue weighted by atomic mass is 9.87. The summed E-state index contributed by atoms with van der Waals surface area (Å²) in [6, 6.07) is -0.415. The van der Waals surface area contributed by atoms with Crippen molar-refractivity contribution >= 4 is 16.1 Å². The van der Waals surface area contributed by atoms with Gasteiger partial charge in [-0.15, -0.1) is 0 Å². The van der Waals surface area contributed by atoms with Gasteiger partial charge in [0, 0.05) is 20.1 Å². The molecule has 0 radical (unpaired) electrons. The number of rotatable bonds is 5. The van der Waals surface area contributed by atoms with Gasteiger partial charge in [0.1, 0.15) is 0 Å². The molecular weight excluding hydrogens is 458 g/mol. The SMILES string of the molecule is CN([C@H]1COC2(CCN(C(=O)OC(C(F)(F)F)C(F)(F)F)CC2)C1)S(=O)(=O)CC1CC1. The molecule has 14 heteroatoms. The molecule has 180 valence electrons. The first kappa shape index (κ1) is 24.4. The Morgan fingerprint density at radius 2 is 1.71 bits per heavy atom. The number of carbonyl (C=O) groups is 1. The molecule has 0 N–H and O–H groups in total. The third-order valence-corrected chi connectivity index (χ3v) is 8.10. The second-order valence-electron chi connectivity index (χ2n) is 8.42. The number of amides is 1. The fourth-order valence-corrected chi connectivity index (χ4v) is 5.67. The topological polar surface area (TPSA) is 76.2 Å². The minimum Gasteiger partial charge on any atom is -0.426 e. The van der Waals surface area contributed by atoms with Crippen molar-refractivity contribution in [1.29, 1.82) is 0 Å². The number of hydrogen-bond acceptors (Lipinski definition) is 5. The van der Waals surface area contributed by atoms with Crippen LogP contribution in [0.25, 0.3) is 0 Å². The zero-order valence-corrected chi connectivity index (χ0v) is 17.5. The summed E-state index contributed by atoms with van der Waals surface area (Å²) in [7, 11) is -1.97. The number of carbonyl (C=O) groups excluding carboxylic acids is 1. The molecule has 3 rings (SSSR count). The van der Waals surface area contributed by atoms with E-state index in [1.807, 2.05) is 0 Å². The maximum Gasteiger partial charge on any atom is 0.434 e. The lowest BCUT2D eigenvalue weighted by Gasteiger charge is -2.39. The maximum absolute atomic E-state index is 12.6. The average molecular weight is 482 g/mol. The molecule has 0 aromatic heterocycles. The van der Waals surface area contributed by atoms with Crippen LogP contribution in [0, 0.1) is 5.92 Å². The summed E-state index contributed by atoms with van der Waals surface area (Å²) in [6.45, 7) is -0.186. The molecule has 2 heterocycles. The Bertz CT molecular complexity index is 761. The van der Waals surface area contributed by atoms with Crippen LogP contribution < -0.4 is 0 Å². The van der Waals surface area contributed by atoms with Gasteiger partial charge in [0.2, 0.25) is 10.0 Å². The van der Waals surface area contributed by atoms with Crippen molar-refractivity contribution in [2.75, 3.05) is 32.5 Å². The van der Waals surface area contributed by atoms with Crippen molar-refractivity contribution in [1.82, 2.24) is 9.21 Å². The van der Waals surface area contributed by atoms with Crippen LogP contribution in [0.4, 0.5) is 31.1 Å². The third kappa shape index (κ3) is 5.75. The Labute approximate surface area is 175 Å². The molecule has 1 atom stereocenters. The third-order valence-electron chi connectivity index (χ3n) is 6.03. The number of sulfonamides is 1. The van der Waals surface area contributed by atoms with E-state index >= 15 is 0 Å². The summed E-state index contributed by atoms with van der Waals surface area (Å²) in [5, 5.41) is 0. The van der Waals surface area contributed by atoms with E-state index in [0.29, 0.717) is 6.42 Å². The van der Waals surface area contributed by atoms with Gasteiger partial charge in [-0.3, -0.25) is 0 Å². The average Bonchev–Trinajstić information content (AvgIpc) is 3.35. The van der Waals surface area contributed by atoms with Crippen LogP contribution in [0.2, 0.25) is 0 Å². The molecule has 0 aromatic rings. The standard InChI is InChI=1S/C17H24F6N2O5S/c1-24(31(27,28)10-11-2-3-11)12-8-15(29-9-12)4-6-25(7-5-15)14(26)30-13(16(18,19)20)17(21,22)23/h11-13H,2-10H2,1H3/t12-/m1/s1. The second-order valence-corrected chi connectivity index (χ2v) is 10.5. The van der Waals surface area contributed by atoms with Gasteiger partial charge < -0.3 is 14.4 Å². The van der Waals surface area contributed by atoms with Crippen LogP contribution in [0.5, 0.6) is 0 Å². The van der Waals surface area contributed by atoms with Gasteiger partial charge in [0.25, 0.3) is 6.10 Å². The predicted octanol–water partition coefficient (Wildman–Crippen LogP) is 2.91. The normalized spacial score (nSPS) is 24.9. The van der Waals surface area contributed by atoms with E-state index < -0.39 is 46.2 Å². The number of piperidine rings is 1. The highest BCUT2D eigenvalue weighted by molar-refractivity contribution is 7.89. The lowest BCUT2D eigenvalue weighted by Crippen LogP contribution is -2.51. The van der Waals surface area contributed by atoms with Gasteiger partial charge in [0.05, 0.1) is 24.0 Å². The van der Waals surface area contributed by atoms with E-state index in [1.165, 1.54) is 11.4 Å². The Balaban J connectivity index is 1.55. The molecule has 1 saturated carbocycles. The number of ether oxygens (including phenoxy) is 2. The first-order valence-corrected chi connectivity index (χ1v) is 11.4. The number of nitrogens with zero attached hydrogens (tertiary/aromatic N) is 2. The van der Waals surface area contributed by atoms with Crippen molar-refractivity contribution in [2.45, 2.75) is 62.2 Å². The van der Waals surface area contributed by atoms with Gasteiger partial charge in [-0.2, -0.15) is 30.6 Å². The predicted molar refractivity (Wildman–Crippen MR) is 94.5 cm³/mol. The van der Waals surface area contributed by atoms with Crippen LogP contribution >= 0.6 is 0 Å². The molecule has 0 unspecified atom stereocenters. The van der Waals surface area contributed by atoms with Crippen molar-refractivity contribution in [2.24, 2.45) is 5.92 Å². The first-order chi connectivity index (χ1) is 14.1. The fraction of sp³-hybridized carbons (Fsp3) is 0.941. The summed E-state index contributed by atoms with van der Waals surface area (Å²) in [4.78, 5) is 12.7. The number of likely N-dealkylation sites (tertiary alicyclic amines) is 1. The van der Waals surface area contributed by atoms with Crippen molar-refractivity contribution < 1.29 is 49.0 Å². The molecule has 1 spiro atoms. The minimum absolute atomic E-state index is 0.0756. The summed E-state index contributed by atoms with van der Waals surface area (Å²) in [6.07, 6.45) is -15.0. The Morgan fingerprint density at radius 1 is 1.16 bits per heavy atom. The molecule has 1 aliphatic carbocycles. The smallest absolute Gasteiger partial charge is 0.426 e. The van der Waals surface area contributed by atoms with Crippen molar-refractivity contribution in [3.8, 4) is 0 Å². The quantitative estimate of drug-likeness (QED) is 0.564. The maximum atomic E-state index is 12.6. The van der Waals surface area contributed by atoms with Gasteiger partial charge in [-0.1, -0.05) is 0 Å². The molecule has 2 aliphatic heterocycles. The molecule has 3 aliphatic rings. The fourth-order valence-electron chi connectivity index (χ4n) is 3.92. The van der Waals surface area contributed by atoms with Gasteiger partial charge in [0.15, 0.2) is 0 Å². The van der Waals surface area contributed by atoms with E-state index in [2.05, 4.69) is 4.74 Å². The largest absolute Gasteiger partial charge is 0.434 e. The molecule has 0 aromatic carbocycles. The first-order valence-electron chi connectivity index (χ1n) is 9.82. The number of hydrogen-bond donors (Lipinski definition) is 0. The molecule has 0 bridgehead atoms. The summed E-state index contributed by atoms with van der Waals surface area (Å²) < 4.78 is 111. The number of likely N-dealkylation sites (N-methyl/N-ethyl adjacent to an activating group) is 1. The number of halogens is 6. The Hall–Kier alpha value is -1.28. The molecule has 7 nitrogen and oxygen atoms in total. The molecule has 1 amide bonds. The van der Waals surface area contributed by atoms with Gasteiger partial charge >= 0.3 is 18.4 Å². The van der Waals surface area contributed by atoms with Crippen LogP contribution in [0.1, 0.15) is 32.1 Å². The highest BCUT2D eigenvalue weighted by Gasteiger charge is 2.60. The Kier molecular flexibility index (Phi) is 6.48. The second kappa shape index (κ2) is 8.25. The van der Waals surface area contributed by atoms with Crippen molar-refractivity contribution in [3.63, 3.8) is 0 Å². The highest BCUT2D eigenvalue weighted by Crippen LogP contribution is 2.40. The van der Waals surface area contributed by atoms with E-state index in [4.69, 9.17) is 4.74 Å². The summed E-state index contributed by atoms with van der Waals surface area (Å²) >= 11 is 0.